The first-order valence-corrected chi connectivity index (χ1v) is 3.44. The van der Waals surface area contributed by atoms with Gasteiger partial charge in [0, 0.05) is 6.00 Å². The van der Waals surface area contributed by atoms with E-state index in [0.29, 0.717) is 12.1 Å². The molecule has 0 spiro atoms. The molecule has 2 heteroatoms. The van der Waals surface area contributed by atoms with Gasteiger partial charge in [-0.15, -0.1) is 0 Å². The van der Waals surface area contributed by atoms with E-state index in [9.17, 15) is 0 Å². The molecule has 8 heavy (non-hydrogen) atoms. The Balaban J connectivity index is 2.23. The summed E-state index contributed by atoms with van der Waals surface area (Å²) in [7, 11) is 2.15. The van der Waals surface area contributed by atoms with Gasteiger partial charge in [0.25, 0.3) is 0 Å². The molecule has 46 valence electrons. The van der Waals surface area contributed by atoms with E-state index in [1.165, 1.54) is 19.3 Å². The average molecular weight is 112 g/mol. The van der Waals surface area contributed by atoms with E-state index in [1.54, 1.807) is 0 Å². The van der Waals surface area contributed by atoms with Gasteiger partial charge in [0.2, 0.25) is 0 Å². The molecule has 0 saturated carbocycles. The van der Waals surface area contributed by atoms with Gasteiger partial charge in [-0.25, -0.2) is 0 Å². The molecule has 1 nitrogen and oxygen atoms in total. The fourth-order valence-corrected chi connectivity index (χ4v) is 1.23. The lowest BCUT2D eigenvalue weighted by atomic mass is 9.91. The fraction of sp³-hybridized carbons (Fsp3) is 1.00. The minimum absolute atomic E-state index is 0.513. The van der Waals surface area contributed by atoms with E-state index >= 15 is 0 Å². The third kappa shape index (κ3) is 1.51. The molecule has 2 atom stereocenters. The Morgan fingerprint density at radius 1 is 1.50 bits per heavy atom. The zero-order valence-corrected chi connectivity index (χ0v) is 5.68. The molecule has 0 amide bonds. The van der Waals surface area contributed by atoms with Crippen molar-refractivity contribution >= 4 is 7.85 Å². The van der Waals surface area contributed by atoms with Crippen molar-refractivity contribution in [1.82, 2.24) is 0 Å². The molecule has 0 aromatic heterocycles. The van der Waals surface area contributed by atoms with E-state index in [4.69, 9.17) is 4.74 Å². The molecule has 0 bridgehead atoms. The second-order valence-electron chi connectivity index (χ2n) is 2.69. The Kier molecular flexibility index (Phi) is 1.95. The molecule has 0 radical (unpaired) electrons. The number of ether oxygens (including phenoxy) is 1. The van der Waals surface area contributed by atoms with Gasteiger partial charge in [0.15, 0.2) is 0 Å². The third-order valence-electron chi connectivity index (χ3n) is 1.69. The lowest BCUT2D eigenvalue weighted by Crippen LogP contribution is -2.25. The number of hydrogen-bond donors (Lipinski definition) is 0. The molecular formula is C6H13BO. The van der Waals surface area contributed by atoms with E-state index < -0.39 is 0 Å². The van der Waals surface area contributed by atoms with Crippen LogP contribution in [-0.2, 0) is 4.74 Å². The summed E-state index contributed by atoms with van der Waals surface area (Å²) in [4.78, 5) is 0. The Morgan fingerprint density at radius 3 is 2.62 bits per heavy atom. The van der Waals surface area contributed by atoms with Crippen molar-refractivity contribution in [3.05, 3.63) is 0 Å². The van der Waals surface area contributed by atoms with Gasteiger partial charge in [0.1, 0.15) is 7.85 Å². The van der Waals surface area contributed by atoms with Crippen molar-refractivity contribution in [2.24, 2.45) is 0 Å². The average Bonchev–Trinajstić information content (AvgIpc) is 1.64. The second-order valence-corrected chi connectivity index (χ2v) is 2.69. The minimum Gasteiger partial charge on any atom is -0.384 e. The van der Waals surface area contributed by atoms with Crippen LogP contribution in [-0.4, -0.2) is 20.0 Å². The second kappa shape index (κ2) is 2.54. The van der Waals surface area contributed by atoms with Crippen LogP contribution in [0.1, 0.15) is 26.2 Å². The predicted molar refractivity (Wildman–Crippen MR) is 36.7 cm³/mol. The van der Waals surface area contributed by atoms with Gasteiger partial charge in [0.05, 0.1) is 6.10 Å². The van der Waals surface area contributed by atoms with Gasteiger partial charge in [-0.1, -0.05) is 0 Å². The van der Waals surface area contributed by atoms with E-state index in [1.807, 2.05) is 0 Å². The topological polar surface area (TPSA) is 9.23 Å². The summed E-state index contributed by atoms with van der Waals surface area (Å²) >= 11 is 0. The van der Waals surface area contributed by atoms with Crippen LogP contribution >= 0.6 is 0 Å². The first-order chi connectivity index (χ1) is 3.79. The van der Waals surface area contributed by atoms with Crippen molar-refractivity contribution < 1.29 is 4.74 Å². The molecule has 0 N–H and O–H groups in total. The van der Waals surface area contributed by atoms with Crippen LogP contribution in [0.25, 0.3) is 0 Å². The van der Waals surface area contributed by atoms with Crippen molar-refractivity contribution in [1.29, 1.82) is 0 Å². The lowest BCUT2D eigenvalue weighted by Gasteiger charge is -2.24. The van der Waals surface area contributed by atoms with Crippen molar-refractivity contribution in [3.8, 4) is 0 Å². The Hall–Kier alpha value is 0.0249. The number of hydrogen-bond acceptors (Lipinski definition) is 1. The van der Waals surface area contributed by atoms with Gasteiger partial charge in [-0.3, -0.25) is 0 Å². The highest BCUT2D eigenvalue weighted by Gasteiger charge is 2.13. The summed E-state index contributed by atoms with van der Waals surface area (Å²) in [6.07, 6.45) is 4.37. The van der Waals surface area contributed by atoms with Crippen LogP contribution in [0.5, 0.6) is 0 Å². The summed E-state index contributed by atoms with van der Waals surface area (Å²) in [6.45, 7) is 2.15. The maximum Gasteiger partial charge on any atom is 0.139 e. The molecule has 0 aliphatic carbocycles. The highest BCUT2D eigenvalue weighted by atomic mass is 16.5. The normalized spacial score (nSPS) is 39.6. The van der Waals surface area contributed by atoms with Crippen LogP contribution in [0.15, 0.2) is 0 Å². The van der Waals surface area contributed by atoms with E-state index in [2.05, 4.69) is 14.8 Å². The molecule has 1 fully saturated rings. The maximum atomic E-state index is 5.49. The van der Waals surface area contributed by atoms with Crippen LogP contribution in [0.3, 0.4) is 0 Å². The summed E-state index contributed by atoms with van der Waals surface area (Å²) < 4.78 is 5.49. The van der Waals surface area contributed by atoms with Crippen molar-refractivity contribution in [2.45, 2.75) is 38.3 Å². The van der Waals surface area contributed by atoms with Crippen LogP contribution in [0, 0.1) is 0 Å². The number of rotatable bonds is 0. The van der Waals surface area contributed by atoms with E-state index in [-0.39, 0.29) is 0 Å². The van der Waals surface area contributed by atoms with Crippen LogP contribution < -0.4 is 0 Å². The summed E-state index contributed by atoms with van der Waals surface area (Å²) in [5.74, 6) is 0. The van der Waals surface area contributed by atoms with Crippen molar-refractivity contribution in [3.63, 3.8) is 0 Å². The SMILES string of the molecule is BC1CCCC(C)O1. The zero-order valence-electron chi connectivity index (χ0n) is 5.68. The molecule has 1 heterocycles. The summed E-state index contributed by atoms with van der Waals surface area (Å²) in [5.41, 5.74) is 0. The van der Waals surface area contributed by atoms with Crippen molar-refractivity contribution in [2.75, 3.05) is 0 Å². The first-order valence-electron chi connectivity index (χ1n) is 3.44. The quantitative estimate of drug-likeness (QED) is 0.415. The molecule has 2 unspecified atom stereocenters. The van der Waals surface area contributed by atoms with Gasteiger partial charge in [-0.05, 0) is 26.2 Å². The maximum absolute atomic E-state index is 5.49. The molecular weight excluding hydrogens is 98.9 g/mol. The Bertz CT molecular complexity index is 66.9. The van der Waals surface area contributed by atoms with Gasteiger partial charge >= 0.3 is 0 Å². The predicted octanol–water partition coefficient (Wildman–Crippen LogP) is 0.535. The lowest BCUT2D eigenvalue weighted by molar-refractivity contribution is 0.00347. The van der Waals surface area contributed by atoms with Gasteiger partial charge < -0.3 is 4.74 Å². The Labute approximate surface area is 51.8 Å². The zero-order chi connectivity index (χ0) is 5.98. The molecule has 1 aliphatic heterocycles. The van der Waals surface area contributed by atoms with Gasteiger partial charge in [-0.2, -0.15) is 0 Å². The third-order valence-corrected chi connectivity index (χ3v) is 1.69. The molecule has 1 aliphatic rings. The first kappa shape index (κ1) is 6.15. The molecule has 1 rings (SSSR count). The van der Waals surface area contributed by atoms with Crippen LogP contribution in [0.2, 0.25) is 0 Å². The summed E-state index contributed by atoms with van der Waals surface area (Å²) in [5, 5.41) is 0. The molecule has 0 aromatic rings. The Morgan fingerprint density at radius 2 is 2.25 bits per heavy atom. The fourth-order valence-electron chi connectivity index (χ4n) is 1.23. The highest BCUT2D eigenvalue weighted by Crippen LogP contribution is 2.15. The monoisotopic (exact) mass is 112 g/mol. The highest BCUT2D eigenvalue weighted by molar-refractivity contribution is 6.11. The van der Waals surface area contributed by atoms with E-state index in [0.717, 1.165) is 0 Å². The van der Waals surface area contributed by atoms with Crippen LogP contribution in [0.4, 0.5) is 0 Å². The minimum atomic E-state index is 0.513. The molecule has 0 aromatic carbocycles. The smallest absolute Gasteiger partial charge is 0.139 e. The molecule has 1 saturated heterocycles. The standard InChI is InChI=1S/C6H13BO/c1-5-3-2-4-6(7)8-5/h5-6H,2-4,7H2,1H3. The largest absolute Gasteiger partial charge is 0.384 e. The summed E-state index contributed by atoms with van der Waals surface area (Å²) in [6, 6.07) is 0.513.